The lowest BCUT2D eigenvalue weighted by Crippen LogP contribution is -2.55. The van der Waals surface area contributed by atoms with E-state index in [0.29, 0.717) is 0 Å². The summed E-state index contributed by atoms with van der Waals surface area (Å²) in [6.07, 6.45) is -0.261. The Morgan fingerprint density at radius 1 is 1.30 bits per heavy atom. The summed E-state index contributed by atoms with van der Waals surface area (Å²) in [6.45, 7) is 12.2. The molecule has 1 N–H and O–H groups in total. The van der Waals surface area contributed by atoms with E-state index in [9.17, 15) is 5.11 Å². The molecule has 2 rings (SSSR count). The first-order chi connectivity index (χ1) is 9.28. The summed E-state index contributed by atoms with van der Waals surface area (Å²) in [5.41, 5.74) is 2.05. The molecule has 1 saturated heterocycles. The molecule has 0 bridgehead atoms. The van der Waals surface area contributed by atoms with Gasteiger partial charge in [0.2, 0.25) is 0 Å². The van der Waals surface area contributed by atoms with Gasteiger partial charge in [-0.25, -0.2) is 0 Å². The van der Waals surface area contributed by atoms with Crippen molar-refractivity contribution >= 4 is 0 Å². The van der Waals surface area contributed by atoms with E-state index in [1.54, 1.807) is 0 Å². The Balaban J connectivity index is 2.09. The number of benzene rings is 1. The fraction of sp³-hybridized carbons (Fsp3) is 0.647. The normalized spacial score (nSPS) is 26.2. The molecule has 0 amide bonds. The summed E-state index contributed by atoms with van der Waals surface area (Å²) in [5, 5.41) is 10.6. The van der Waals surface area contributed by atoms with E-state index in [4.69, 9.17) is 4.74 Å². The largest absolute Gasteiger partial charge is 0.387 e. The van der Waals surface area contributed by atoms with E-state index in [1.807, 2.05) is 12.1 Å². The van der Waals surface area contributed by atoms with E-state index >= 15 is 0 Å². The second-order valence-corrected chi connectivity index (χ2v) is 6.71. The van der Waals surface area contributed by atoms with E-state index in [1.165, 1.54) is 5.56 Å². The van der Waals surface area contributed by atoms with Gasteiger partial charge in [-0.15, -0.1) is 0 Å². The molecule has 0 spiro atoms. The van der Waals surface area contributed by atoms with Crippen LogP contribution in [0.25, 0.3) is 0 Å². The van der Waals surface area contributed by atoms with Crippen LogP contribution < -0.4 is 0 Å². The Morgan fingerprint density at radius 3 is 2.45 bits per heavy atom. The van der Waals surface area contributed by atoms with Crippen LogP contribution in [-0.4, -0.2) is 40.8 Å². The van der Waals surface area contributed by atoms with Crippen molar-refractivity contribution in [3.05, 3.63) is 35.4 Å². The molecule has 0 aromatic heterocycles. The summed E-state index contributed by atoms with van der Waals surface area (Å²) in [6, 6.07) is 8.23. The minimum absolute atomic E-state index is 0.0864. The van der Waals surface area contributed by atoms with Crippen molar-refractivity contribution in [2.75, 3.05) is 13.1 Å². The van der Waals surface area contributed by atoms with Crippen LogP contribution in [0.1, 0.15) is 44.9 Å². The zero-order chi connectivity index (χ0) is 14.9. The third-order valence-electron chi connectivity index (χ3n) is 4.05. The molecule has 3 heteroatoms. The molecule has 1 aromatic carbocycles. The van der Waals surface area contributed by atoms with Gasteiger partial charge in [-0.2, -0.15) is 0 Å². The Labute approximate surface area is 122 Å². The quantitative estimate of drug-likeness (QED) is 0.922. The molecule has 3 nitrogen and oxygen atoms in total. The molecule has 1 fully saturated rings. The average Bonchev–Trinajstić information content (AvgIpc) is 2.35. The fourth-order valence-corrected chi connectivity index (χ4v) is 3.06. The third kappa shape index (κ3) is 3.60. The number of aliphatic hydroxyl groups is 1. The lowest BCUT2D eigenvalue weighted by molar-refractivity contribution is -0.145. The Bertz CT molecular complexity index is 441. The molecule has 1 aliphatic heterocycles. The van der Waals surface area contributed by atoms with Crippen molar-refractivity contribution in [3.63, 3.8) is 0 Å². The van der Waals surface area contributed by atoms with E-state index < -0.39 is 6.10 Å². The number of aliphatic hydroxyl groups excluding tert-OH is 1. The molecular formula is C17H27NO2. The van der Waals surface area contributed by atoms with Crippen molar-refractivity contribution in [3.8, 4) is 0 Å². The van der Waals surface area contributed by atoms with Crippen LogP contribution in [-0.2, 0) is 4.74 Å². The van der Waals surface area contributed by atoms with Crippen molar-refractivity contribution in [1.82, 2.24) is 4.90 Å². The maximum atomic E-state index is 10.6. The number of ether oxygens (including phenoxy) is 1. The van der Waals surface area contributed by atoms with Gasteiger partial charge in [0.1, 0.15) is 0 Å². The van der Waals surface area contributed by atoms with Crippen molar-refractivity contribution in [2.24, 2.45) is 0 Å². The second-order valence-electron chi connectivity index (χ2n) is 6.71. The molecule has 1 heterocycles. The predicted molar refractivity (Wildman–Crippen MR) is 81.8 cm³/mol. The minimum Gasteiger partial charge on any atom is -0.387 e. The summed E-state index contributed by atoms with van der Waals surface area (Å²) in [4.78, 5) is 2.33. The molecule has 3 atom stereocenters. The molecule has 3 unspecified atom stereocenters. The SMILES string of the molecule is Cc1ccc(C(O)C(C)N2CC(C)OC(C)(C)C2)cc1. The summed E-state index contributed by atoms with van der Waals surface area (Å²) >= 11 is 0. The molecule has 1 aromatic rings. The Morgan fingerprint density at radius 2 is 1.90 bits per heavy atom. The van der Waals surface area contributed by atoms with Gasteiger partial charge in [-0.3, -0.25) is 4.90 Å². The molecule has 0 aliphatic carbocycles. The van der Waals surface area contributed by atoms with Gasteiger partial charge in [0.15, 0.2) is 0 Å². The van der Waals surface area contributed by atoms with Gasteiger partial charge in [0.05, 0.1) is 17.8 Å². The smallest absolute Gasteiger partial charge is 0.0942 e. The zero-order valence-electron chi connectivity index (χ0n) is 13.3. The highest BCUT2D eigenvalue weighted by Crippen LogP contribution is 2.27. The predicted octanol–water partition coefficient (Wildman–Crippen LogP) is 2.92. The minimum atomic E-state index is -0.461. The molecule has 112 valence electrons. The van der Waals surface area contributed by atoms with Crippen LogP contribution >= 0.6 is 0 Å². The number of morpholine rings is 1. The van der Waals surface area contributed by atoms with Gasteiger partial charge in [0, 0.05) is 19.1 Å². The highest BCUT2D eigenvalue weighted by Gasteiger charge is 2.35. The summed E-state index contributed by atoms with van der Waals surface area (Å²) in [7, 11) is 0. The summed E-state index contributed by atoms with van der Waals surface area (Å²) < 4.78 is 5.93. The number of hydrogen-bond donors (Lipinski definition) is 1. The van der Waals surface area contributed by atoms with Gasteiger partial charge in [-0.1, -0.05) is 29.8 Å². The highest BCUT2D eigenvalue weighted by atomic mass is 16.5. The van der Waals surface area contributed by atoms with Crippen molar-refractivity contribution in [1.29, 1.82) is 0 Å². The molecule has 0 radical (unpaired) electrons. The zero-order valence-corrected chi connectivity index (χ0v) is 13.3. The lowest BCUT2D eigenvalue weighted by Gasteiger charge is -2.45. The van der Waals surface area contributed by atoms with Crippen LogP contribution in [0.15, 0.2) is 24.3 Å². The van der Waals surface area contributed by atoms with Crippen LogP contribution in [0.5, 0.6) is 0 Å². The molecular weight excluding hydrogens is 250 g/mol. The molecule has 20 heavy (non-hydrogen) atoms. The van der Waals surface area contributed by atoms with Gasteiger partial charge >= 0.3 is 0 Å². The summed E-state index contributed by atoms with van der Waals surface area (Å²) in [5.74, 6) is 0. The number of nitrogens with zero attached hydrogens (tertiary/aromatic N) is 1. The second kappa shape index (κ2) is 5.84. The van der Waals surface area contributed by atoms with E-state index in [0.717, 1.165) is 18.7 Å². The fourth-order valence-electron chi connectivity index (χ4n) is 3.06. The third-order valence-corrected chi connectivity index (χ3v) is 4.05. The molecule has 0 saturated carbocycles. The lowest BCUT2D eigenvalue weighted by atomic mass is 9.97. The standard InChI is InChI=1S/C17H27NO2/c1-12-6-8-15(9-7-12)16(19)14(3)18-10-13(2)20-17(4,5)11-18/h6-9,13-14,16,19H,10-11H2,1-5H3. The maximum absolute atomic E-state index is 10.6. The average molecular weight is 277 g/mol. The van der Waals surface area contributed by atoms with Gasteiger partial charge in [-0.05, 0) is 40.2 Å². The topological polar surface area (TPSA) is 32.7 Å². The number of rotatable bonds is 3. The van der Waals surface area contributed by atoms with E-state index in [2.05, 4.69) is 51.7 Å². The van der Waals surface area contributed by atoms with Gasteiger partial charge in [0.25, 0.3) is 0 Å². The Hall–Kier alpha value is -0.900. The Kier molecular flexibility index (Phi) is 4.52. The van der Waals surface area contributed by atoms with Crippen molar-refractivity contribution < 1.29 is 9.84 Å². The van der Waals surface area contributed by atoms with Crippen LogP contribution in [0, 0.1) is 6.92 Å². The van der Waals surface area contributed by atoms with Crippen LogP contribution in [0.3, 0.4) is 0 Å². The number of aryl methyl sites for hydroxylation is 1. The number of hydrogen-bond acceptors (Lipinski definition) is 3. The first-order valence-corrected chi connectivity index (χ1v) is 7.45. The monoisotopic (exact) mass is 277 g/mol. The highest BCUT2D eigenvalue weighted by molar-refractivity contribution is 5.24. The molecule has 1 aliphatic rings. The van der Waals surface area contributed by atoms with Crippen LogP contribution in [0.2, 0.25) is 0 Å². The van der Waals surface area contributed by atoms with Crippen molar-refractivity contribution in [2.45, 2.75) is 58.5 Å². The maximum Gasteiger partial charge on any atom is 0.0942 e. The first-order valence-electron chi connectivity index (χ1n) is 7.45. The van der Waals surface area contributed by atoms with E-state index in [-0.39, 0.29) is 17.7 Å². The first kappa shape index (κ1) is 15.5. The van der Waals surface area contributed by atoms with Gasteiger partial charge < -0.3 is 9.84 Å². The van der Waals surface area contributed by atoms with Crippen LogP contribution in [0.4, 0.5) is 0 Å².